The summed E-state index contributed by atoms with van der Waals surface area (Å²) in [5.41, 5.74) is 0. The van der Waals surface area contributed by atoms with Crippen LogP contribution in [0, 0.1) is 0 Å². The van der Waals surface area contributed by atoms with E-state index in [-0.39, 0.29) is 29.5 Å². The molecule has 0 amide bonds. The molecule has 10 heteroatoms. The van der Waals surface area contributed by atoms with Gasteiger partial charge in [-0.1, -0.05) is 0 Å². The molecule has 4 N–H and O–H groups in total. The lowest BCUT2D eigenvalue weighted by molar-refractivity contribution is 0.0537. The molecule has 0 fully saturated rings. The van der Waals surface area contributed by atoms with Gasteiger partial charge in [-0.25, -0.2) is 0 Å². The lowest BCUT2D eigenvalue weighted by atomic mass is 10.3. The zero-order valence-corrected chi connectivity index (χ0v) is 14.4. The number of fused-ring (bicyclic) bond motifs is 1. The summed E-state index contributed by atoms with van der Waals surface area (Å²) in [5, 5.41) is 3.71. The van der Waals surface area contributed by atoms with Gasteiger partial charge in [-0.2, -0.15) is 8.42 Å². The molecule has 132 valence electrons. The molecule has 1 aliphatic rings. The van der Waals surface area contributed by atoms with Crippen LogP contribution in [0.4, 0.5) is 0 Å². The second-order valence-corrected chi connectivity index (χ2v) is 6.91. The maximum Gasteiger partial charge on any atom is 0.294 e. The van der Waals surface area contributed by atoms with Crippen molar-refractivity contribution in [3.63, 3.8) is 0 Å². The van der Waals surface area contributed by atoms with Crippen molar-refractivity contribution in [1.82, 2.24) is 6.15 Å². The molecule has 2 aromatic rings. The van der Waals surface area contributed by atoms with E-state index in [0.29, 0.717) is 18.1 Å². The SMILES string of the molecule is COc1cc(S(=O)(=O)O)ccc1OCC1COc2cscc2O1.N. The monoisotopic (exact) mass is 375 g/mol. The van der Waals surface area contributed by atoms with Gasteiger partial charge >= 0.3 is 0 Å². The van der Waals surface area contributed by atoms with Gasteiger partial charge in [0.2, 0.25) is 0 Å². The van der Waals surface area contributed by atoms with Crippen molar-refractivity contribution in [2.75, 3.05) is 20.3 Å². The quantitative estimate of drug-likeness (QED) is 0.763. The Morgan fingerprint density at radius 1 is 1.29 bits per heavy atom. The molecule has 0 saturated carbocycles. The van der Waals surface area contributed by atoms with Gasteiger partial charge in [0.1, 0.15) is 13.2 Å². The number of methoxy groups -OCH3 is 1. The van der Waals surface area contributed by atoms with Gasteiger partial charge in [0.05, 0.1) is 12.0 Å². The molecule has 0 aliphatic carbocycles. The highest BCUT2D eigenvalue weighted by Gasteiger charge is 2.23. The third kappa shape index (κ3) is 3.90. The van der Waals surface area contributed by atoms with Crippen molar-refractivity contribution >= 4 is 21.5 Å². The second-order valence-electron chi connectivity index (χ2n) is 4.75. The van der Waals surface area contributed by atoms with Crippen LogP contribution in [0.5, 0.6) is 23.0 Å². The topological polar surface area (TPSA) is 126 Å². The smallest absolute Gasteiger partial charge is 0.294 e. The zero-order chi connectivity index (χ0) is 16.4. The summed E-state index contributed by atoms with van der Waals surface area (Å²) in [6.07, 6.45) is -0.289. The summed E-state index contributed by atoms with van der Waals surface area (Å²) in [7, 11) is -2.91. The predicted octanol–water partition coefficient (Wildman–Crippen LogP) is 2.38. The van der Waals surface area contributed by atoms with E-state index in [4.69, 9.17) is 23.5 Å². The summed E-state index contributed by atoms with van der Waals surface area (Å²) in [6, 6.07) is 3.85. The van der Waals surface area contributed by atoms with E-state index < -0.39 is 10.1 Å². The first-order valence-corrected chi connectivity index (χ1v) is 8.99. The standard InChI is InChI=1S/C14H14O7S2.H3N/c1-18-12-4-10(23(15,16)17)2-3-11(12)19-5-9-6-20-13-7-22-8-14(13)21-9;/h2-4,7-9H,5-6H2,1H3,(H,15,16,17);1H3. The molecule has 1 aromatic carbocycles. The van der Waals surface area contributed by atoms with E-state index in [0.717, 1.165) is 5.75 Å². The molecule has 3 rings (SSSR count). The Morgan fingerprint density at radius 3 is 2.75 bits per heavy atom. The Hall–Kier alpha value is -2.01. The van der Waals surface area contributed by atoms with Crippen LogP contribution in [-0.2, 0) is 10.1 Å². The summed E-state index contributed by atoms with van der Waals surface area (Å²) in [5.74, 6) is 1.96. The van der Waals surface area contributed by atoms with Gasteiger partial charge in [-0.05, 0) is 12.1 Å². The minimum absolute atomic E-state index is 0. The molecule has 0 saturated heterocycles. The van der Waals surface area contributed by atoms with Crippen LogP contribution >= 0.6 is 11.3 Å². The maximum atomic E-state index is 11.1. The van der Waals surface area contributed by atoms with Crippen LogP contribution in [0.3, 0.4) is 0 Å². The van der Waals surface area contributed by atoms with Crippen molar-refractivity contribution < 1.29 is 31.9 Å². The summed E-state index contributed by atoms with van der Waals surface area (Å²) in [4.78, 5) is -0.262. The largest absolute Gasteiger partial charge is 0.493 e. The van der Waals surface area contributed by atoms with Gasteiger partial charge in [0.25, 0.3) is 10.1 Å². The Kier molecular flexibility index (Phi) is 5.54. The number of hydrogen-bond acceptors (Lipinski definition) is 8. The van der Waals surface area contributed by atoms with Crippen molar-refractivity contribution in [1.29, 1.82) is 0 Å². The van der Waals surface area contributed by atoms with E-state index in [9.17, 15) is 8.42 Å². The first-order chi connectivity index (χ1) is 11.0. The highest BCUT2D eigenvalue weighted by atomic mass is 32.2. The Morgan fingerprint density at radius 2 is 2.04 bits per heavy atom. The highest BCUT2D eigenvalue weighted by molar-refractivity contribution is 7.85. The van der Waals surface area contributed by atoms with Crippen LogP contribution in [0.25, 0.3) is 0 Å². The highest BCUT2D eigenvalue weighted by Crippen LogP contribution is 2.36. The normalized spacial score (nSPS) is 16.2. The van der Waals surface area contributed by atoms with Crippen LogP contribution in [0.2, 0.25) is 0 Å². The van der Waals surface area contributed by atoms with Gasteiger partial charge in [0.15, 0.2) is 29.1 Å². The summed E-state index contributed by atoms with van der Waals surface area (Å²) in [6.45, 7) is 0.562. The summed E-state index contributed by atoms with van der Waals surface area (Å²) >= 11 is 1.49. The van der Waals surface area contributed by atoms with Crippen LogP contribution in [0.15, 0.2) is 33.9 Å². The van der Waals surface area contributed by atoms with E-state index in [1.807, 2.05) is 10.8 Å². The van der Waals surface area contributed by atoms with Crippen molar-refractivity contribution in [2.24, 2.45) is 0 Å². The third-order valence-electron chi connectivity index (χ3n) is 3.17. The number of benzene rings is 1. The Bertz CT molecular complexity index is 803. The Balaban J connectivity index is 0.00000208. The average molecular weight is 375 g/mol. The molecular weight excluding hydrogens is 358 g/mol. The first-order valence-electron chi connectivity index (χ1n) is 6.61. The zero-order valence-electron chi connectivity index (χ0n) is 12.8. The molecule has 2 heterocycles. The number of thiophene rings is 1. The Labute approximate surface area is 143 Å². The molecule has 0 radical (unpaired) electrons. The van der Waals surface area contributed by atoms with E-state index >= 15 is 0 Å². The van der Waals surface area contributed by atoms with Gasteiger partial charge in [-0.15, -0.1) is 11.3 Å². The van der Waals surface area contributed by atoms with Crippen molar-refractivity contribution in [3.8, 4) is 23.0 Å². The molecule has 1 aliphatic heterocycles. The molecular formula is C14H17NO7S2. The number of hydrogen-bond donors (Lipinski definition) is 2. The minimum atomic E-state index is -4.29. The average Bonchev–Trinajstić information content (AvgIpc) is 2.99. The van der Waals surface area contributed by atoms with E-state index in [1.165, 1.54) is 36.6 Å². The van der Waals surface area contributed by atoms with Crippen LogP contribution in [0.1, 0.15) is 0 Å². The second kappa shape index (κ2) is 7.26. The van der Waals surface area contributed by atoms with Gasteiger partial charge < -0.3 is 25.1 Å². The predicted molar refractivity (Wildman–Crippen MR) is 87.6 cm³/mol. The van der Waals surface area contributed by atoms with Crippen LogP contribution in [-0.4, -0.2) is 39.4 Å². The fourth-order valence-electron chi connectivity index (χ4n) is 2.05. The van der Waals surface area contributed by atoms with E-state index in [1.54, 1.807) is 0 Å². The maximum absolute atomic E-state index is 11.1. The molecule has 0 bridgehead atoms. The molecule has 1 atom stereocenters. The minimum Gasteiger partial charge on any atom is -0.493 e. The molecule has 24 heavy (non-hydrogen) atoms. The van der Waals surface area contributed by atoms with Crippen LogP contribution < -0.4 is 25.1 Å². The van der Waals surface area contributed by atoms with Crippen molar-refractivity contribution in [3.05, 3.63) is 29.0 Å². The van der Waals surface area contributed by atoms with Crippen molar-refractivity contribution in [2.45, 2.75) is 11.0 Å². The summed E-state index contributed by atoms with van der Waals surface area (Å²) < 4.78 is 53.3. The first kappa shape index (κ1) is 18.3. The van der Waals surface area contributed by atoms with E-state index in [2.05, 4.69) is 0 Å². The fourth-order valence-corrected chi connectivity index (χ4v) is 3.22. The lowest BCUT2D eigenvalue weighted by Gasteiger charge is -2.24. The molecule has 1 unspecified atom stereocenters. The molecule has 0 spiro atoms. The van der Waals surface area contributed by atoms with Gasteiger partial charge in [0, 0.05) is 16.8 Å². The fraction of sp³-hybridized carbons (Fsp3) is 0.286. The van der Waals surface area contributed by atoms with Gasteiger partial charge in [-0.3, -0.25) is 4.55 Å². The molecule has 1 aromatic heterocycles. The number of ether oxygens (including phenoxy) is 4. The lowest BCUT2D eigenvalue weighted by Crippen LogP contribution is -2.34. The molecule has 8 nitrogen and oxygen atoms in total. The number of rotatable bonds is 5. The third-order valence-corrected chi connectivity index (χ3v) is 4.72.